The maximum Gasteiger partial charge on any atom is 0.335 e. The molecule has 5 nitrogen and oxygen atoms in total. The van der Waals surface area contributed by atoms with E-state index in [1.165, 1.54) is 0 Å². The van der Waals surface area contributed by atoms with Gasteiger partial charge in [0, 0.05) is 13.6 Å². The molecule has 1 unspecified atom stereocenters. The summed E-state index contributed by atoms with van der Waals surface area (Å²) >= 11 is 0. The van der Waals surface area contributed by atoms with Gasteiger partial charge in [-0.15, -0.1) is 0 Å². The minimum absolute atomic E-state index is 0.0868. The molecule has 5 heteroatoms. The van der Waals surface area contributed by atoms with Crippen LogP contribution < -0.4 is 5.73 Å². The zero-order valence-electron chi connectivity index (χ0n) is 12.7. The first-order valence-electron chi connectivity index (χ1n) is 7.29. The van der Waals surface area contributed by atoms with E-state index in [2.05, 4.69) is 6.92 Å². The van der Waals surface area contributed by atoms with Crippen LogP contribution in [0.25, 0.3) is 0 Å². The largest absolute Gasteiger partial charge is 0.478 e. The molecular weight excluding hydrogens is 268 g/mol. The van der Waals surface area contributed by atoms with Gasteiger partial charge in [-0.1, -0.05) is 38.0 Å². The number of unbranched alkanes of at least 4 members (excludes halogenated alkanes) is 1. The Kier molecular flexibility index (Phi) is 6.88. The molecule has 0 heterocycles. The third kappa shape index (κ3) is 5.19. The Bertz CT molecular complexity index is 488. The van der Waals surface area contributed by atoms with Crippen LogP contribution in [-0.2, 0) is 11.2 Å². The number of carbonyl (C=O) groups excluding carboxylic acids is 1. The number of carboxylic acids is 1. The van der Waals surface area contributed by atoms with Crippen LogP contribution >= 0.6 is 0 Å². The molecule has 0 fully saturated rings. The molecule has 1 atom stereocenters. The number of nitrogens with zero attached hydrogens (tertiary/aromatic N) is 1. The average molecular weight is 292 g/mol. The Morgan fingerprint density at radius 3 is 2.62 bits per heavy atom. The van der Waals surface area contributed by atoms with E-state index in [1.807, 2.05) is 0 Å². The van der Waals surface area contributed by atoms with E-state index >= 15 is 0 Å². The van der Waals surface area contributed by atoms with Crippen LogP contribution in [0.4, 0.5) is 0 Å². The van der Waals surface area contributed by atoms with Gasteiger partial charge in [0.15, 0.2) is 0 Å². The van der Waals surface area contributed by atoms with Crippen LogP contribution in [-0.4, -0.2) is 41.5 Å². The minimum Gasteiger partial charge on any atom is -0.478 e. The molecule has 0 saturated carbocycles. The Morgan fingerprint density at radius 2 is 2.00 bits per heavy atom. The van der Waals surface area contributed by atoms with Gasteiger partial charge in [0.25, 0.3) is 0 Å². The normalized spacial score (nSPS) is 12.0. The SMILES string of the molecule is CCCCC(N)C(=O)N(C)CCc1ccccc1C(=O)O. The van der Waals surface area contributed by atoms with Gasteiger partial charge < -0.3 is 15.7 Å². The lowest BCUT2D eigenvalue weighted by Crippen LogP contribution is -2.42. The number of benzene rings is 1. The quantitative estimate of drug-likeness (QED) is 0.766. The van der Waals surface area contributed by atoms with E-state index in [4.69, 9.17) is 10.8 Å². The molecule has 1 aromatic carbocycles. The number of amides is 1. The van der Waals surface area contributed by atoms with Crippen LogP contribution in [0.2, 0.25) is 0 Å². The molecule has 0 saturated heterocycles. The third-order valence-corrected chi connectivity index (χ3v) is 3.53. The number of hydrogen-bond acceptors (Lipinski definition) is 3. The number of rotatable bonds is 8. The van der Waals surface area contributed by atoms with Gasteiger partial charge in [-0.3, -0.25) is 4.79 Å². The number of carbonyl (C=O) groups is 2. The highest BCUT2D eigenvalue weighted by Gasteiger charge is 2.18. The smallest absolute Gasteiger partial charge is 0.335 e. The first-order chi connectivity index (χ1) is 9.97. The lowest BCUT2D eigenvalue weighted by molar-refractivity contribution is -0.131. The Labute approximate surface area is 125 Å². The standard InChI is InChI=1S/C16H24N2O3/c1-3-4-9-14(17)15(19)18(2)11-10-12-7-5-6-8-13(12)16(20)21/h5-8,14H,3-4,9-11,17H2,1-2H3,(H,20,21). The van der Waals surface area contributed by atoms with Crippen LogP contribution in [0.5, 0.6) is 0 Å². The van der Waals surface area contributed by atoms with Gasteiger partial charge >= 0.3 is 5.97 Å². The van der Waals surface area contributed by atoms with E-state index in [-0.39, 0.29) is 11.5 Å². The van der Waals surface area contributed by atoms with E-state index in [0.29, 0.717) is 19.4 Å². The fourth-order valence-electron chi connectivity index (χ4n) is 2.18. The van der Waals surface area contributed by atoms with Crippen molar-refractivity contribution in [2.75, 3.05) is 13.6 Å². The summed E-state index contributed by atoms with van der Waals surface area (Å²) in [6.07, 6.45) is 3.13. The molecule has 0 aromatic heterocycles. The zero-order chi connectivity index (χ0) is 15.8. The number of nitrogens with two attached hydrogens (primary N) is 1. The van der Waals surface area contributed by atoms with Crippen LogP contribution in [0.3, 0.4) is 0 Å². The summed E-state index contributed by atoms with van der Waals surface area (Å²) in [4.78, 5) is 24.8. The van der Waals surface area contributed by atoms with Crippen molar-refractivity contribution >= 4 is 11.9 Å². The topological polar surface area (TPSA) is 83.6 Å². The maximum absolute atomic E-state index is 12.1. The predicted octanol–water partition coefficient (Wildman–Crippen LogP) is 1.90. The molecule has 1 aromatic rings. The summed E-state index contributed by atoms with van der Waals surface area (Å²) in [5, 5.41) is 9.12. The number of aromatic carboxylic acids is 1. The maximum atomic E-state index is 12.1. The summed E-state index contributed by atoms with van der Waals surface area (Å²) in [6.45, 7) is 2.52. The van der Waals surface area contributed by atoms with Crippen molar-refractivity contribution in [2.45, 2.75) is 38.6 Å². The monoisotopic (exact) mass is 292 g/mol. The van der Waals surface area contributed by atoms with Crippen molar-refractivity contribution in [3.8, 4) is 0 Å². The van der Waals surface area contributed by atoms with E-state index in [0.717, 1.165) is 18.4 Å². The lowest BCUT2D eigenvalue weighted by atomic mass is 10.0. The molecule has 116 valence electrons. The fourth-order valence-corrected chi connectivity index (χ4v) is 2.18. The first kappa shape index (κ1) is 17.2. The second kappa shape index (κ2) is 8.42. The van der Waals surface area contributed by atoms with Gasteiger partial charge in [0.05, 0.1) is 11.6 Å². The highest BCUT2D eigenvalue weighted by molar-refractivity contribution is 5.89. The van der Waals surface area contributed by atoms with Crippen LogP contribution in [0.1, 0.15) is 42.1 Å². The van der Waals surface area contributed by atoms with Crippen LogP contribution in [0.15, 0.2) is 24.3 Å². The zero-order valence-corrected chi connectivity index (χ0v) is 12.7. The molecule has 0 radical (unpaired) electrons. The lowest BCUT2D eigenvalue weighted by Gasteiger charge is -2.21. The highest BCUT2D eigenvalue weighted by Crippen LogP contribution is 2.10. The summed E-state index contributed by atoms with van der Waals surface area (Å²) in [7, 11) is 1.71. The average Bonchev–Trinajstić information content (AvgIpc) is 2.49. The van der Waals surface area contributed by atoms with Crippen LogP contribution in [0, 0.1) is 0 Å². The predicted molar refractivity (Wildman–Crippen MR) is 82.2 cm³/mol. The molecule has 21 heavy (non-hydrogen) atoms. The van der Waals surface area contributed by atoms with Gasteiger partial charge in [-0.25, -0.2) is 4.79 Å². The van der Waals surface area contributed by atoms with E-state index in [1.54, 1.807) is 36.2 Å². The number of carboxylic acid groups (broad SMARTS) is 1. The van der Waals surface area contributed by atoms with Crippen molar-refractivity contribution in [3.63, 3.8) is 0 Å². The Morgan fingerprint density at radius 1 is 1.33 bits per heavy atom. The second-order valence-electron chi connectivity index (χ2n) is 5.22. The summed E-state index contributed by atoms with van der Waals surface area (Å²) in [5.41, 5.74) is 6.88. The minimum atomic E-state index is -0.945. The highest BCUT2D eigenvalue weighted by atomic mass is 16.4. The van der Waals surface area contributed by atoms with Gasteiger partial charge in [0.1, 0.15) is 0 Å². The molecule has 0 aliphatic carbocycles. The van der Waals surface area contributed by atoms with Crippen molar-refractivity contribution in [3.05, 3.63) is 35.4 Å². The van der Waals surface area contributed by atoms with Crippen molar-refractivity contribution in [1.82, 2.24) is 4.90 Å². The third-order valence-electron chi connectivity index (χ3n) is 3.53. The molecule has 0 aliphatic rings. The van der Waals surface area contributed by atoms with Crippen molar-refractivity contribution < 1.29 is 14.7 Å². The molecule has 1 amide bonds. The Hall–Kier alpha value is -1.88. The van der Waals surface area contributed by atoms with E-state index in [9.17, 15) is 9.59 Å². The molecule has 1 rings (SSSR count). The fraction of sp³-hybridized carbons (Fsp3) is 0.500. The summed E-state index contributed by atoms with van der Waals surface area (Å²) in [6, 6.07) is 6.38. The number of likely N-dealkylation sites (N-methyl/N-ethyl adjacent to an activating group) is 1. The summed E-state index contributed by atoms with van der Waals surface area (Å²) < 4.78 is 0. The van der Waals surface area contributed by atoms with Gasteiger partial charge in [-0.2, -0.15) is 0 Å². The first-order valence-corrected chi connectivity index (χ1v) is 7.29. The molecule has 0 aliphatic heterocycles. The molecular formula is C16H24N2O3. The summed E-state index contributed by atoms with van der Waals surface area (Å²) in [5.74, 6) is -1.03. The van der Waals surface area contributed by atoms with Gasteiger partial charge in [-0.05, 0) is 24.5 Å². The molecule has 0 spiro atoms. The van der Waals surface area contributed by atoms with Crippen molar-refractivity contribution in [2.24, 2.45) is 5.73 Å². The second-order valence-corrected chi connectivity index (χ2v) is 5.22. The molecule has 3 N–H and O–H groups in total. The number of hydrogen-bond donors (Lipinski definition) is 2. The Balaban J connectivity index is 2.58. The molecule has 0 bridgehead atoms. The van der Waals surface area contributed by atoms with Crippen molar-refractivity contribution in [1.29, 1.82) is 0 Å². The van der Waals surface area contributed by atoms with Gasteiger partial charge in [0.2, 0.25) is 5.91 Å². The van der Waals surface area contributed by atoms with E-state index < -0.39 is 12.0 Å².